The Morgan fingerprint density at radius 3 is 2.57 bits per heavy atom. The third-order valence-electron chi connectivity index (χ3n) is 3.12. The number of aromatic nitrogens is 7. The SMILES string of the molecule is CC(N)=C(C=c1c(C)nn2nc(C)nc12)c1n[nH]c(C)n1. The molecule has 3 aromatic heterocycles. The number of hydrogen-bond acceptors (Lipinski definition) is 6. The standard InChI is InChI=1S/C13H16N8/c1-6(14)10(12-15-8(3)17-18-12)5-11-7(2)19-21-13(11)16-9(4)20-21/h5H,14H2,1-4H3,(H,15,17,18). The van der Waals surface area contributed by atoms with E-state index < -0.39 is 0 Å². The molecule has 0 unspecified atom stereocenters. The van der Waals surface area contributed by atoms with Crippen molar-refractivity contribution in [2.75, 3.05) is 0 Å². The van der Waals surface area contributed by atoms with Crippen LogP contribution in [0.1, 0.15) is 30.1 Å². The van der Waals surface area contributed by atoms with E-state index >= 15 is 0 Å². The lowest BCUT2D eigenvalue weighted by molar-refractivity contribution is 0.793. The van der Waals surface area contributed by atoms with Crippen molar-refractivity contribution >= 4 is 17.3 Å². The van der Waals surface area contributed by atoms with Crippen molar-refractivity contribution in [2.45, 2.75) is 27.7 Å². The molecule has 0 aromatic carbocycles. The average molecular weight is 284 g/mol. The summed E-state index contributed by atoms with van der Waals surface area (Å²) >= 11 is 0. The molecular weight excluding hydrogens is 268 g/mol. The van der Waals surface area contributed by atoms with Gasteiger partial charge in [-0.05, 0) is 33.8 Å². The molecule has 0 spiro atoms. The fourth-order valence-corrected chi connectivity index (χ4v) is 2.13. The number of rotatable bonds is 2. The number of nitrogens with one attached hydrogen (secondary N) is 1. The molecule has 3 N–H and O–H groups in total. The van der Waals surface area contributed by atoms with Crippen LogP contribution in [0.2, 0.25) is 0 Å². The number of allylic oxidation sites excluding steroid dienone is 2. The van der Waals surface area contributed by atoms with Crippen molar-refractivity contribution in [3.8, 4) is 0 Å². The Morgan fingerprint density at radius 1 is 1.19 bits per heavy atom. The number of H-pyrrole nitrogens is 1. The summed E-state index contributed by atoms with van der Waals surface area (Å²) in [6, 6.07) is 0. The molecule has 0 saturated carbocycles. The maximum Gasteiger partial charge on any atom is 0.185 e. The summed E-state index contributed by atoms with van der Waals surface area (Å²) in [7, 11) is 0. The Kier molecular flexibility index (Phi) is 2.93. The van der Waals surface area contributed by atoms with E-state index in [1.54, 1.807) is 0 Å². The molecule has 0 aliphatic heterocycles. The summed E-state index contributed by atoms with van der Waals surface area (Å²) in [5.41, 5.74) is 8.90. The zero-order valence-electron chi connectivity index (χ0n) is 12.3. The smallest absolute Gasteiger partial charge is 0.185 e. The molecular formula is C13H16N8. The monoisotopic (exact) mass is 284 g/mol. The van der Waals surface area contributed by atoms with Crippen molar-refractivity contribution < 1.29 is 0 Å². The van der Waals surface area contributed by atoms with Crippen molar-refractivity contribution in [3.63, 3.8) is 0 Å². The van der Waals surface area contributed by atoms with Crippen LogP contribution in [0, 0.1) is 20.8 Å². The minimum atomic E-state index is 0.558. The van der Waals surface area contributed by atoms with Gasteiger partial charge in [-0.25, -0.2) is 9.97 Å². The van der Waals surface area contributed by atoms with E-state index in [2.05, 4.69) is 30.4 Å². The first-order valence-electron chi connectivity index (χ1n) is 6.53. The summed E-state index contributed by atoms with van der Waals surface area (Å²) in [6.45, 7) is 7.40. The van der Waals surface area contributed by atoms with Crippen LogP contribution >= 0.6 is 0 Å². The van der Waals surface area contributed by atoms with Gasteiger partial charge in [-0.2, -0.15) is 10.2 Å². The fourth-order valence-electron chi connectivity index (χ4n) is 2.13. The quantitative estimate of drug-likeness (QED) is 0.688. The minimum Gasteiger partial charge on any atom is -0.402 e. The van der Waals surface area contributed by atoms with Gasteiger partial charge in [0.1, 0.15) is 11.6 Å². The second kappa shape index (κ2) is 4.65. The van der Waals surface area contributed by atoms with E-state index in [9.17, 15) is 0 Å². The molecule has 0 aliphatic carbocycles. The molecule has 108 valence electrons. The third kappa shape index (κ3) is 2.24. The number of fused-ring (bicyclic) bond motifs is 1. The molecule has 0 radical (unpaired) electrons. The molecule has 8 heteroatoms. The van der Waals surface area contributed by atoms with E-state index in [0.717, 1.165) is 22.3 Å². The third-order valence-corrected chi connectivity index (χ3v) is 3.12. The molecule has 3 heterocycles. The van der Waals surface area contributed by atoms with Crippen molar-refractivity contribution in [3.05, 3.63) is 34.1 Å². The first kappa shape index (κ1) is 13.2. The van der Waals surface area contributed by atoms with Gasteiger partial charge < -0.3 is 5.73 Å². The van der Waals surface area contributed by atoms with Crippen LogP contribution in [0.4, 0.5) is 0 Å². The summed E-state index contributed by atoms with van der Waals surface area (Å²) in [5.74, 6) is 1.97. The fraction of sp³-hybridized carbons (Fsp3) is 0.308. The summed E-state index contributed by atoms with van der Waals surface area (Å²) in [5, 5.41) is 16.4. The lowest BCUT2D eigenvalue weighted by atomic mass is 10.1. The largest absolute Gasteiger partial charge is 0.402 e. The highest BCUT2D eigenvalue weighted by Crippen LogP contribution is 2.14. The van der Waals surface area contributed by atoms with Crippen LogP contribution in [-0.4, -0.2) is 35.0 Å². The average Bonchev–Trinajstić information content (AvgIpc) is 3.02. The molecule has 0 fully saturated rings. The highest BCUT2D eigenvalue weighted by Gasteiger charge is 2.12. The normalized spacial score (nSPS) is 14.0. The first-order chi connectivity index (χ1) is 9.95. The van der Waals surface area contributed by atoms with Crippen LogP contribution in [0.15, 0.2) is 5.70 Å². The van der Waals surface area contributed by atoms with Crippen LogP contribution < -0.4 is 11.0 Å². The Balaban J connectivity index is 2.26. The molecule has 0 amide bonds. The van der Waals surface area contributed by atoms with Gasteiger partial charge in [0.25, 0.3) is 0 Å². The molecule has 3 aromatic rings. The zero-order valence-corrected chi connectivity index (χ0v) is 12.3. The maximum atomic E-state index is 5.99. The lowest BCUT2D eigenvalue weighted by Gasteiger charge is -1.99. The van der Waals surface area contributed by atoms with Gasteiger partial charge in [0.05, 0.1) is 5.69 Å². The van der Waals surface area contributed by atoms with E-state index in [-0.39, 0.29) is 0 Å². The maximum absolute atomic E-state index is 5.99. The number of aromatic amines is 1. The topological polar surface area (TPSA) is 111 Å². The van der Waals surface area contributed by atoms with Gasteiger partial charge in [-0.3, -0.25) is 5.10 Å². The highest BCUT2D eigenvalue weighted by molar-refractivity contribution is 5.88. The number of nitrogens with zero attached hydrogens (tertiary/aromatic N) is 6. The molecule has 0 bridgehead atoms. The molecule has 3 rings (SSSR count). The molecule has 8 nitrogen and oxygen atoms in total. The molecule has 0 aliphatic rings. The number of aryl methyl sites for hydroxylation is 3. The first-order valence-corrected chi connectivity index (χ1v) is 6.53. The zero-order chi connectivity index (χ0) is 15.1. The predicted octanol–water partition coefficient (Wildman–Crippen LogP) is 0.0570. The second-order valence-electron chi connectivity index (χ2n) is 4.96. The van der Waals surface area contributed by atoms with Crippen molar-refractivity contribution in [1.29, 1.82) is 0 Å². The van der Waals surface area contributed by atoms with Crippen molar-refractivity contribution in [1.82, 2.24) is 35.0 Å². The predicted molar refractivity (Wildman–Crippen MR) is 77.8 cm³/mol. The Hall–Kier alpha value is -2.77. The van der Waals surface area contributed by atoms with E-state index in [1.807, 2.05) is 33.8 Å². The van der Waals surface area contributed by atoms with E-state index in [1.165, 1.54) is 4.63 Å². The minimum absolute atomic E-state index is 0.558. The van der Waals surface area contributed by atoms with E-state index in [4.69, 9.17) is 5.73 Å². The summed E-state index contributed by atoms with van der Waals surface area (Å²) < 4.78 is 1.53. The Labute approximate surface area is 120 Å². The van der Waals surface area contributed by atoms with Gasteiger partial charge in [0.2, 0.25) is 0 Å². The van der Waals surface area contributed by atoms with Gasteiger partial charge >= 0.3 is 0 Å². The summed E-state index contributed by atoms with van der Waals surface area (Å²) in [4.78, 5) is 8.72. The highest BCUT2D eigenvalue weighted by atomic mass is 15.5. The summed E-state index contributed by atoms with van der Waals surface area (Å²) in [6.07, 6.45) is 1.91. The van der Waals surface area contributed by atoms with Gasteiger partial charge in [0, 0.05) is 16.5 Å². The lowest BCUT2D eigenvalue weighted by Crippen LogP contribution is -2.07. The molecule has 21 heavy (non-hydrogen) atoms. The van der Waals surface area contributed by atoms with Gasteiger partial charge in [0.15, 0.2) is 11.5 Å². The van der Waals surface area contributed by atoms with Crippen LogP contribution in [-0.2, 0) is 0 Å². The van der Waals surface area contributed by atoms with Crippen LogP contribution in [0.3, 0.4) is 0 Å². The van der Waals surface area contributed by atoms with Crippen molar-refractivity contribution in [2.24, 2.45) is 5.73 Å². The number of hydrogen-bond donors (Lipinski definition) is 2. The number of nitrogens with two attached hydrogens (primary N) is 1. The Morgan fingerprint density at radius 2 is 1.95 bits per heavy atom. The van der Waals surface area contributed by atoms with Gasteiger partial charge in [-0.15, -0.1) is 9.73 Å². The van der Waals surface area contributed by atoms with Crippen LogP contribution in [0.25, 0.3) is 17.3 Å². The molecule has 0 atom stereocenters. The van der Waals surface area contributed by atoms with E-state index in [0.29, 0.717) is 23.0 Å². The Bertz CT molecular complexity index is 894. The second-order valence-corrected chi connectivity index (χ2v) is 4.96. The van der Waals surface area contributed by atoms with Crippen LogP contribution in [0.5, 0.6) is 0 Å². The molecule has 0 saturated heterocycles. The van der Waals surface area contributed by atoms with Gasteiger partial charge in [-0.1, -0.05) is 0 Å².